The number of likely N-dealkylation sites (tertiary alicyclic amines) is 1. The Morgan fingerprint density at radius 3 is 2.62 bits per heavy atom. The molecule has 1 N–H and O–H groups in total. The summed E-state index contributed by atoms with van der Waals surface area (Å²) >= 11 is 0. The van der Waals surface area contributed by atoms with Gasteiger partial charge in [0.15, 0.2) is 0 Å². The van der Waals surface area contributed by atoms with Crippen molar-refractivity contribution in [3.63, 3.8) is 0 Å². The summed E-state index contributed by atoms with van der Waals surface area (Å²) < 4.78 is 0. The van der Waals surface area contributed by atoms with E-state index in [-0.39, 0.29) is 11.3 Å². The number of hydrogen-bond acceptors (Lipinski definition) is 2. The van der Waals surface area contributed by atoms with E-state index in [1.54, 1.807) is 0 Å². The molecule has 0 aromatic rings. The van der Waals surface area contributed by atoms with Gasteiger partial charge in [-0.15, -0.1) is 0 Å². The van der Waals surface area contributed by atoms with Crippen molar-refractivity contribution in [2.75, 3.05) is 13.1 Å². The number of hydrogen-bond donors (Lipinski definition) is 1. The average Bonchev–Trinajstić information content (AvgIpc) is 2.48. The Balaban J connectivity index is 2.41. The predicted molar refractivity (Wildman–Crippen MR) is 67.0 cm³/mol. The SMILES string of the molecule is C=C(C)N[C@@H]1CCN(C(=O)CC(C)(C)C)C1. The van der Waals surface area contributed by atoms with Crippen molar-refractivity contribution in [2.45, 2.75) is 46.6 Å². The molecule has 1 atom stereocenters. The summed E-state index contributed by atoms with van der Waals surface area (Å²) in [5.74, 6) is 0.276. The van der Waals surface area contributed by atoms with Gasteiger partial charge in [-0.05, 0) is 18.8 Å². The molecule has 3 nitrogen and oxygen atoms in total. The Labute approximate surface area is 98.9 Å². The molecule has 0 spiro atoms. The van der Waals surface area contributed by atoms with Crippen LogP contribution in [0.25, 0.3) is 0 Å². The molecule has 1 heterocycles. The first-order valence-corrected chi connectivity index (χ1v) is 5.98. The zero-order chi connectivity index (χ0) is 12.3. The van der Waals surface area contributed by atoms with Gasteiger partial charge in [0.1, 0.15) is 0 Å². The molecule has 3 heteroatoms. The van der Waals surface area contributed by atoms with Crippen molar-refractivity contribution in [3.05, 3.63) is 12.3 Å². The van der Waals surface area contributed by atoms with Gasteiger partial charge in [0.05, 0.1) is 0 Å². The fourth-order valence-corrected chi connectivity index (χ4v) is 2.02. The van der Waals surface area contributed by atoms with Gasteiger partial charge < -0.3 is 10.2 Å². The standard InChI is InChI=1S/C13H24N2O/c1-10(2)14-11-6-7-15(9-11)12(16)8-13(3,4)5/h11,14H,1,6-9H2,2-5H3/t11-/m1/s1. The third kappa shape index (κ3) is 4.25. The van der Waals surface area contributed by atoms with Gasteiger partial charge in [-0.3, -0.25) is 4.79 Å². The highest BCUT2D eigenvalue weighted by Crippen LogP contribution is 2.21. The summed E-state index contributed by atoms with van der Waals surface area (Å²) in [4.78, 5) is 13.9. The van der Waals surface area contributed by atoms with Crippen LogP contribution >= 0.6 is 0 Å². The van der Waals surface area contributed by atoms with Crippen LogP contribution in [0.5, 0.6) is 0 Å². The highest BCUT2D eigenvalue weighted by atomic mass is 16.2. The molecule has 0 unspecified atom stereocenters. The third-order valence-corrected chi connectivity index (χ3v) is 2.67. The first-order valence-electron chi connectivity index (χ1n) is 5.98. The molecule has 92 valence electrons. The Morgan fingerprint density at radius 1 is 1.50 bits per heavy atom. The largest absolute Gasteiger partial charge is 0.384 e. The van der Waals surface area contributed by atoms with Crippen LogP contribution in [-0.4, -0.2) is 29.9 Å². The third-order valence-electron chi connectivity index (χ3n) is 2.67. The van der Waals surface area contributed by atoms with Gasteiger partial charge in [-0.1, -0.05) is 27.4 Å². The highest BCUT2D eigenvalue weighted by Gasteiger charge is 2.28. The number of carbonyl (C=O) groups is 1. The zero-order valence-electron chi connectivity index (χ0n) is 11.0. The summed E-state index contributed by atoms with van der Waals surface area (Å²) in [5, 5.41) is 3.30. The minimum atomic E-state index is 0.0803. The molecule has 0 bridgehead atoms. The summed E-state index contributed by atoms with van der Waals surface area (Å²) in [6, 6.07) is 0.390. The van der Waals surface area contributed by atoms with Crippen LogP contribution in [0.4, 0.5) is 0 Å². The van der Waals surface area contributed by atoms with Crippen LogP contribution in [0.1, 0.15) is 40.5 Å². The molecule has 1 aliphatic rings. The topological polar surface area (TPSA) is 32.3 Å². The number of rotatable bonds is 3. The van der Waals surface area contributed by atoms with Gasteiger partial charge in [0, 0.05) is 31.2 Å². The van der Waals surface area contributed by atoms with Crippen LogP contribution in [0.3, 0.4) is 0 Å². The van der Waals surface area contributed by atoms with E-state index >= 15 is 0 Å². The molecule has 0 aromatic heterocycles. The average molecular weight is 224 g/mol. The maximum absolute atomic E-state index is 12.0. The molecule has 1 aliphatic heterocycles. The van der Waals surface area contributed by atoms with Crippen LogP contribution in [0.15, 0.2) is 12.3 Å². The maximum Gasteiger partial charge on any atom is 0.223 e. The van der Waals surface area contributed by atoms with E-state index in [4.69, 9.17) is 0 Å². The molecule has 16 heavy (non-hydrogen) atoms. The number of nitrogens with zero attached hydrogens (tertiary/aromatic N) is 1. The first-order chi connectivity index (χ1) is 7.28. The second kappa shape index (κ2) is 4.89. The second-order valence-electron chi connectivity index (χ2n) is 5.99. The molecule has 1 rings (SSSR count). The van der Waals surface area contributed by atoms with E-state index in [2.05, 4.69) is 32.7 Å². The smallest absolute Gasteiger partial charge is 0.223 e. The van der Waals surface area contributed by atoms with Crippen LogP contribution in [-0.2, 0) is 4.79 Å². The van der Waals surface area contributed by atoms with E-state index in [0.29, 0.717) is 12.5 Å². The van der Waals surface area contributed by atoms with Gasteiger partial charge >= 0.3 is 0 Å². The van der Waals surface area contributed by atoms with Gasteiger partial charge in [0.2, 0.25) is 5.91 Å². The van der Waals surface area contributed by atoms with E-state index in [1.165, 1.54) is 0 Å². The lowest BCUT2D eigenvalue weighted by atomic mass is 9.92. The lowest BCUT2D eigenvalue weighted by Gasteiger charge is -2.23. The maximum atomic E-state index is 12.0. The van der Waals surface area contributed by atoms with Crippen LogP contribution in [0.2, 0.25) is 0 Å². The predicted octanol–water partition coefficient (Wildman–Crippen LogP) is 2.15. The van der Waals surface area contributed by atoms with E-state index in [0.717, 1.165) is 25.2 Å². The lowest BCUT2D eigenvalue weighted by molar-refractivity contribution is -0.132. The minimum absolute atomic E-state index is 0.0803. The summed E-state index contributed by atoms with van der Waals surface area (Å²) in [6.45, 7) is 13.8. The quantitative estimate of drug-likeness (QED) is 0.796. The molecule has 0 radical (unpaired) electrons. The fraction of sp³-hybridized carbons (Fsp3) is 0.769. The van der Waals surface area contributed by atoms with Crippen molar-refractivity contribution in [3.8, 4) is 0 Å². The highest BCUT2D eigenvalue weighted by molar-refractivity contribution is 5.77. The number of amides is 1. The summed E-state index contributed by atoms with van der Waals surface area (Å²) in [5.41, 5.74) is 1.06. The lowest BCUT2D eigenvalue weighted by Crippen LogP contribution is -2.35. The normalized spacial score (nSPS) is 21.0. The van der Waals surface area contributed by atoms with Crippen molar-refractivity contribution >= 4 is 5.91 Å². The fourth-order valence-electron chi connectivity index (χ4n) is 2.02. The van der Waals surface area contributed by atoms with Gasteiger partial charge in [-0.2, -0.15) is 0 Å². The Hall–Kier alpha value is -0.990. The second-order valence-corrected chi connectivity index (χ2v) is 5.99. The molecule has 1 fully saturated rings. The molecular weight excluding hydrogens is 200 g/mol. The van der Waals surface area contributed by atoms with Crippen molar-refractivity contribution in [1.82, 2.24) is 10.2 Å². The first kappa shape index (κ1) is 13.1. The van der Waals surface area contributed by atoms with Gasteiger partial charge in [0.25, 0.3) is 0 Å². The number of carbonyl (C=O) groups excluding carboxylic acids is 1. The van der Waals surface area contributed by atoms with Crippen molar-refractivity contribution in [1.29, 1.82) is 0 Å². The minimum Gasteiger partial charge on any atom is -0.384 e. The van der Waals surface area contributed by atoms with Crippen molar-refractivity contribution < 1.29 is 4.79 Å². The van der Waals surface area contributed by atoms with Crippen LogP contribution in [0, 0.1) is 5.41 Å². The van der Waals surface area contributed by atoms with Crippen molar-refractivity contribution in [2.24, 2.45) is 5.41 Å². The van der Waals surface area contributed by atoms with E-state index in [9.17, 15) is 4.79 Å². The summed E-state index contributed by atoms with van der Waals surface area (Å²) in [6.07, 6.45) is 1.66. The molecule has 1 saturated heterocycles. The summed E-state index contributed by atoms with van der Waals surface area (Å²) in [7, 11) is 0. The number of allylic oxidation sites excluding steroid dienone is 1. The molecule has 0 aliphatic carbocycles. The molecular formula is C13H24N2O. The van der Waals surface area contributed by atoms with Gasteiger partial charge in [-0.25, -0.2) is 0 Å². The number of nitrogens with one attached hydrogen (secondary N) is 1. The molecule has 1 amide bonds. The Kier molecular flexibility index (Phi) is 4.00. The zero-order valence-corrected chi connectivity index (χ0v) is 11.0. The van der Waals surface area contributed by atoms with E-state index in [1.807, 2.05) is 11.8 Å². The molecule has 0 saturated carbocycles. The monoisotopic (exact) mass is 224 g/mol. The Morgan fingerprint density at radius 2 is 2.12 bits per heavy atom. The van der Waals surface area contributed by atoms with E-state index < -0.39 is 0 Å². The van der Waals surface area contributed by atoms with Crippen LogP contribution < -0.4 is 5.32 Å². The molecule has 0 aromatic carbocycles. The Bertz CT molecular complexity index is 278.